The molecule has 0 aliphatic heterocycles. The summed E-state index contributed by atoms with van der Waals surface area (Å²) in [4.78, 5) is 11.5. The zero-order chi connectivity index (χ0) is 15.1. The molecule has 0 aliphatic rings. The number of benzene rings is 2. The van der Waals surface area contributed by atoms with Crippen molar-refractivity contribution in [3.63, 3.8) is 0 Å². The molecule has 0 aliphatic carbocycles. The minimum atomic E-state index is -0.310. The highest BCUT2D eigenvalue weighted by Crippen LogP contribution is 2.14. The second kappa shape index (κ2) is 7.48. The molecular weight excluding hydrogens is 262 g/mol. The van der Waals surface area contributed by atoms with Gasteiger partial charge >= 0.3 is 5.97 Å². The van der Waals surface area contributed by atoms with E-state index in [1.54, 1.807) is 6.07 Å². The van der Waals surface area contributed by atoms with E-state index in [0.29, 0.717) is 11.6 Å². The Labute approximate surface area is 126 Å². The molecule has 0 radical (unpaired) electrons. The number of carbonyl (C=O) groups excluding carboxylic acids is 1. The summed E-state index contributed by atoms with van der Waals surface area (Å²) < 4.78 is 4.73. The number of hydrogen-bond donors (Lipinski definition) is 1. The topological polar surface area (TPSA) is 38.3 Å². The Morgan fingerprint density at radius 3 is 2.62 bits per heavy atom. The lowest BCUT2D eigenvalue weighted by atomic mass is 10.1. The normalized spacial score (nSPS) is 11.7. The molecule has 0 fully saturated rings. The fraction of sp³-hybridized carbons (Fsp3) is 0.278. The van der Waals surface area contributed by atoms with Gasteiger partial charge in [-0.2, -0.15) is 0 Å². The fourth-order valence-electron chi connectivity index (χ4n) is 2.24. The Morgan fingerprint density at radius 1 is 1.14 bits per heavy atom. The van der Waals surface area contributed by atoms with Crippen LogP contribution < -0.4 is 5.32 Å². The van der Waals surface area contributed by atoms with E-state index in [0.717, 1.165) is 18.5 Å². The summed E-state index contributed by atoms with van der Waals surface area (Å²) in [6.45, 7) is 2.15. The summed E-state index contributed by atoms with van der Waals surface area (Å²) in [5.41, 5.74) is 2.85. The molecule has 1 N–H and O–H groups in total. The van der Waals surface area contributed by atoms with E-state index >= 15 is 0 Å². The SMILES string of the molecule is COC(=O)c1cccc(NC(C)CCc2ccccc2)c1. The molecule has 110 valence electrons. The Bertz CT molecular complexity index is 581. The Morgan fingerprint density at radius 2 is 1.90 bits per heavy atom. The number of methoxy groups -OCH3 is 1. The predicted molar refractivity (Wildman–Crippen MR) is 85.6 cm³/mol. The number of carbonyl (C=O) groups is 1. The molecule has 0 spiro atoms. The van der Waals surface area contributed by atoms with Crippen LogP contribution in [-0.2, 0) is 11.2 Å². The van der Waals surface area contributed by atoms with E-state index in [1.807, 2.05) is 24.3 Å². The molecule has 2 aromatic carbocycles. The van der Waals surface area contributed by atoms with Crippen molar-refractivity contribution in [1.29, 1.82) is 0 Å². The van der Waals surface area contributed by atoms with Gasteiger partial charge in [-0.05, 0) is 43.5 Å². The molecule has 3 heteroatoms. The van der Waals surface area contributed by atoms with Crippen LogP contribution in [0.25, 0.3) is 0 Å². The molecular formula is C18H21NO2. The molecule has 2 rings (SSSR count). The summed E-state index contributed by atoms with van der Waals surface area (Å²) in [7, 11) is 1.39. The molecule has 3 nitrogen and oxygen atoms in total. The van der Waals surface area contributed by atoms with Crippen molar-refractivity contribution < 1.29 is 9.53 Å². The van der Waals surface area contributed by atoms with Crippen molar-refractivity contribution in [2.24, 2.45) is 0 Å². The monoisotopic (exact) mass is 283 g/mol. The second-order valence-electron chi connectivity index (χ2n) is 5.14. The largest absolute Gasteiger partial charge is 0.465 e. The maximum atomic E-state index is 11.5. The highest BCUT2D eigenvalue weighted by Gasteiger charge is 2.07. The average Bonchev–Trinajstić information content (AvgIpc) is 2.53. The maximum absolute atomic E-state index is 11.5. The van der Waals surface area contributed by atoms with Crippen LogP contribution in [-0.4, -0.2) is 19.1 Å². The fourth-order valence-corrected chi connectivity index (χ4v) is 2.24. The third-order valence-corrected chi connectivity index (χ3v) is 3.41. The smallest absolute Gasteiger partial charge is 0.337 e. The highest BCUT2D eigenvalue weighted by molar-refractivity contribution is 5.90. The third-order valence-electron chi connectivity index (χ3n) is 3.41. The highest BCUT2D eigenvalue weighted by atomic mass is 16.5. The number of nitrogens with one attached hydrogen (secondary N) is 1. The van der Waals surface area contributed by atoms with Gasteiger partial charge in [-0.25, -0.2) is 4.79 Å². The van der Waals surface area contributed by atoms with Gasteiger partial charge in [0, 0.05) is 11.7 Å². The van der Waals surface area contributed by atoms with Crippen LogP contribution in [0, 0.1) is 0 Å². The van der Waals surface area contributed by atoms with Crippen LogP contribution in [0.2, 0.25) is 0 Å². The van der Waals surface area contributed by atoms with E-state index in [4.69, 9.17) is 4.74 Å². The maximum Gasteiger partial charge on any atom is 0.337 e. The number of hydrogen-bond acceptors (Lipinski definition) is 3. The van der Waals surface area contributed by atoms with Gasteiger partial charge in [-0.1, -0.05) is 36.4 Å². The van der Waals surface area contributed by atoms with Crippen molar-refractivity contribution >= 4 is 11.7 Å². The quantitative estimate of drug-likeness (QED) is 0.817. The van der Waals surface area contributed by atoms with E-state index in [-0.39, 0.29) is 5.97 Å². The van der Waals surface area contributed by atoms with Crippen LogP contribution in [0.4, 0.5) is 5.69 Å². The van der Waals surface area contributed by atoms with Gasteiger partial charge in [-0.15, -0.1) is 0 Å². The first-order chi connectivity index (χ1) is 10.2. The number of ether oxygens (including phenoxy) is 1. The molecule has 2 aromatic rings. The van der Waals surface area contributed by atoms with Gasteiger partial charge in [0.1, 0.15) is 0 Å². The van der Waals surface area contributed by atoms with Gasteiger partial charge in [0.05, 0.1) is 12.7 Å². The van der Waals surface area contributed by atoms with E-state index in [2.05, 4.69) is 36.5 Å². The van der Waals surface area contributed by atoms with Gasteiger partial charge in [0.15, 0.2) is 0 Å². The van der Waals surface area contributed by atoms with Gasteiger partial charge in [0.2, 0.25) is 0 Å². The van der Waals surface area contributed by atoms with Crippen molar-refractivity contribution in [1.82, 2.24) is 0 Å². The van der Waals surface area contributed by atoms with Gasteiger partial charge in [0.25, 0.3) is 0 Å². The Kier molecular flexibility index (Phi) is 5.38. The average molecular weight is 283 g/mol. The zero-order valence-corrected chi connectivity index (χ0v) is 12.5. The lowest BCUT2D eigenvalue weighted by molar-refractivity contribution is 0.0601. The number of esters is 1. The van der Waals surface area contributed by atoms with E-state index in [1.165, 1.54) is 12.7 Å². The summed E-state index contributed by atoms with van der Waals surface area (Å²) in [6, 6.07) is 18.2. The summed E-state index contributed by atoms with van der Waals surface area (Å²) in [5, 5.41) is 3.42. The standard InChI is InChI=1S/C18H21NO2/c1-14(11-12-15-7-4-3-5-8-15)19-17-10-6-9-16(13-17)18(20)21-2/h3-10,13-14,19H,11-12H2,1-2H3. The summed E-state index contributed by atoms with van der Waals surface area (Å²) in [5.74, 6) is -0.310. The molecule has 0 saturated carbocycles. The predicted octanol–water partition coefficient (Wildman–Crippen LogP) is 3.91. The molecule has 0 amide bonds. The first kappa shape index (κ1) is 15.1. The van der Waals surface area contributed by atoms with Gasteiger partial charge < -0.3 is 10.1 Å². The number of rotatable bonds is 6. The number of aryl methyl sites for hydroxylation is 1. The van der Waals surface area contributed by atoms with Crippen molar-refractivity contribution in [2.45, 2.75) is 25.8 Å². The number of anilines is 1. The first-order valence-electron chi connectivity index (χ1n) is 7.18. The van der Waals surface area contributed by atoms with Gasteiger partial charge in [-0.3, -0.25) is 0 Å². The zero-order valence-electron chi connectivity index (χ0n) is 12.5. The van der Waals surface area contributed by atoms with Crippen molar-refractivity contribution in [3.05, 3.63) is 65.7 Å². The molecule has 1 unspecified atom stereocenters. The minimum absolute atomic E-state index is 0.310. The first-order valence-corrected chi connectivity index (χ1v) is 7.18. The minimum Gasteiger partial charge on any atom is -0.465 e. The third kappa shape index (κ3) is 4.63. The molecule has 0 saturated heterocycles. The second-order valence-corrected chi connectivity index (χ2v) is 5.14. The molecule has 0 aromatic heterocycles. The Balaban J connectivity index is 1.90. The van der Waals surface area contributed by atoms with Crippen LogP contribution in [0.5, 0.6) is 0 Å². The lowest BCUT2D eigenvalue weighted by Gasteiger charge is -2.15. The van der Waals surface area contributed by atoms with Crippen LogP contribution in [0.1, 0.15) is 29.3 Å². The van der Waals surface area contributed by atoms with Crippen molar-refractivity contribution in [2.75, 3.05) is 12.4 Å². The Hall–Kier alpha value is -2.29. The van der Waals surface area contributed by atoms with E-state index < -0.39 is 0 Å². The molecule has 21 heavy (non-hydrogen) atoms. The summed E-state index contributed by atoms with van der Waals surface area (Å²) in [6.07, 6.45) is 2.07. The van der Waals surface area contributed by atoms with E-state index in [9.17, 15) is 4.79 Å². The lowest BCUT2D eigenvalue weighted by Crippen LogP contribution is -2.16. The van der Waals surface area contributed by atoms with Crippen LogP contribution >= 0.6 is 0 Å². The summed E-state index contributed by atoms with van der Waals surface area (Å²) >= 11 is 0. The van der Waals surface area contributed by atoms with Crippen molar-refractivity contribution in [3.8, 4) is 0 Å². The van der Waals surface area contributed by atoms with Crippen LogP contribution in [0.15, 0.2) is 54.6 Å². The molecule has 0 bridgehead atoms. The molecule has 1 atom stereocenters. The molecule has 0 heterocycles. The van der Waals surface area contributed by atoms with Crippen LogP contribution in [0.3, 0.4) is 0 Å².